The molecule has 6 heteroatoms. The fourth-order valence-corrected chi connectivity index (χ4v) is 2.66. The van der Waals surface area contributed by atoms with Gasteiger partial charge in [0.15, 0.2) is 0 Å². The summed E-state index contributed by atoms with van der Waals surface area (Å²) in [6.07, 6.45) is 4.14. The molecule has 1 amide bonds. The predicted octanol–water partition coefficient (Wildman–Crippen LogP) is 3.79. The van der Waals surface area contributed by atoms with E-state index in [2.05, 4.69) is 22.4 Å². The number of nitrogens with zero attached hydrogens (tertiary/aromatic N) is 2. The summed E-state index contributed by atoms with van der Waals surface area (Å²) >= 11 is 1.35. The van der Waals surface area contributed by atoms with Crippen molar-refractivity contribution in [3.05, 3.63) is 40.7 Å². The van der Waals surface area contributed by atoms with Gasteiger partial charge in [0, 0.05) is 12.8 Å². The fourth-order valence-electron chi connectivity index (χ4n) is 1.87. The molecule has 1 heterocycles. The number of aromatic nitrogens is 2. The summed E-state index contributed by atoms with van der Waals surface area (Å²) in [6, 6.07) is 6.29. The normalized spacial score (nSPS) is 10.6. The molecule has 0 atom stereocenters. The van der Waals surface area contributed by atoms with Crippen LogP contribution >= 0.6 is 11.3 Å². The molecule has 21 heavy (non-hydrogen) atoms. The molecule has 2 rings (SSSR count). The molecule has 0 saturated heterocycles. The van der Waals surface area contributed by atoms with Crippen molar-refractivity contribution < 1.29 is 9.18 Å². The second-order valence-electron chi connectivity index (χ2n) is 4.81. The Kier molecular flexibility index (Phi) is 5.80. The molecular weight excluding hydrogens is 289 g/mol. The maximum absolute atomic E-state index is 12.8. The monoisotopic (exact) mass is 307 g/mol. The smallest absolute Gasteiger partial charge is 0.226 e. The minimum absolute atomic E-state index is 0.0204. The number of benzene rings is 1. The van der Waals surface area contributed by atoms with Crippen LogP contribution in [0.1, 0.15) is 43.2 Å². The van der Waals surface area contributed by atoms with E-state index in [0.717, 1.165) is 29.8 Å². The van der Waals surface area contributed by atoms with Gasteiger partial charge in [-0.1, -0.05) is 43.2 Å². The third-order valence-electron chi connectivity index (χ3n) is 2.99. The van der Waals surface area contributed by atoms with Gasteiger partial charge in [-0.2, -0.15) is 0 Å². The lowest BCUT2D eigenvalue weighted by Gasteiger charge is -1.99. The zero-order valence-electron chi connectivity index (χ0n) is 11.9. The van der Waals surface area contributed by atoms with Gasteiger partial charge in [-0.3, -0.25) is 4.79 Å². The number of nitrogens with one attached hydrogen (secondary N) is 1. The summed E-state index contributed by atoms with van der Waals surface area (Å²) in [5, 5.41) is 12.1. The number of anilines is 1. The van der Waals surface area contributed by atoms with E-state index in [9.17, 15) is 9.18 Å². The lowest BCUT2D eigenvalue weighted by molar-refractivity contribution is -0.116. The second-order valence-corrected chi connectivity index (χ2v) is 5.87. The van der Waals surface area contributed by atoms with Gasteiger partial charge in [0.1, 0.15) is 10.8 Å². The fraction of sp³-hybridized carbons (Fsp3) is 0.400. The number of carbonyl (C=O) groups is 1. The molecule has 2 aromatic rings. The van der Waals surface area contributed by atoms with Crippen LogP contribution < -0.4 is 5.32 Å². The summed E-state index contributed by atoms with van der Waals surface area (Å²) in [5.41, 5.74) is 0.966. The SMILES string of the molecule is CCCCCC(=O)Nc1nnc(Cc2ccc(F)cc2)s1. The molecule has 0 bridgehead atoms. The van der Waals surface area contributed by atoms with Gasteiger partial charge < -0.3 is 5.32 Å². The summed E-state index contributed by atoms with van der Waals surface area (Å²) in [5.74, 6) is -0.274. The van der Waals surface area contributed by atoms with E-state index < -0.39 is 0 Å². The number of hydrogen-bond acceptors (Lipinski definition) is 4. The Morgan fingerprint density at radius 3 is 2.71 bits per heavy atom. The van der Waals surface area contributed by atoms with Gasteiger partial charge in [0.2, 0.25) is 11.0 Å². The van der Waals surface area contributed by atoms with E-state index >= 15 is 0 Å². The van der Waals surface area contributed by atoms with E-state index in [-0.39, 0.29) is 11.7 Å². The van der Waals surface area contributed by atoms with Crippen molar-refractivity contribution in [3.8, 4) is 0 Å². The third-order valence-corrected chi connectivity index (χ3v) is 3.83. The Hall–Kier alpha value is -1.82. The number of amides is 1. The number of rotatable bonds is 7. The van der Waals surface area contributed by atoms with Crippen LogP contribution in [-0.4, -0.2) is 16.1 Å². The Morgan fingerprint density at radius 2 is 2.00 bits per heavy atom. The molecule has 0 saturated carbocycles. The largest absolute Gasteiger partial charge is 0.301 e. The molecule has 0 aliphatic carbocycles. The molecule has 0 spiro atoms. The van der Waals surface area contributed by atoms with Crippen molar-refractivity contribution in [2.24, 2.45) is 0 Å². The van der Waals surface area contributed by atoms with Crippen molar-refractivity contribution in [3.63, 3.8) is 0 Å². The maximum atomic E-state index is 12.8. The highest BCUT2D eigenvalue weighted by Gasteiger charge is 2.08. The maximum Gasteiger partial charge on any atom is 0.226 e. The molecule has 112 valence electrons. The first-order valence-electron chi connectivity index (χ1n) is 7.04. The van der Waals surface area contributed by atoms with Crippen molar-refractivity contribution in [1.82, 2.24) is 10.2 Å². The summed E-state index contributed by atoms with van der Waals surface area (Å²) in [7, 11) is 0. The molecule has 4 nitrogen and oxygen atoms in total. The average molecular weight is 307 g/mol. The average Bonchev–Trinajstić information content (AvgIpc) is 2.89. The minimum Gasteiger partial charge on any atom is -0.301 e. The van der Waals surface area contributed by atoms with E-state index in [1.54, 1.807) is 12.1 Å². The molecule has 1 aromatic heterocycles. The van der Waals surface area contributed by atoms with Crippen molar-refractivity contribution >= 4 is 22.4 Å². The van der Waals surface area contributed by atoms with E-state index in [1.807, 2.05) is 0 Å². The van der Waals surface area contributed by atoms with Gasteiger partial charge in [-0.15, -0.1) is 10.2 Å². The topological polar surface area (TPSA) is 54.9 Å². The Morgan fingerprint density at radius 1 is 1.24 bits per heavy atom. The molecule has 0 aliphatic rings. The molecule has 0 unspecified atom stereocenters. The van der Waals surface area contributed by atoms with Crippen LogP contribution in [0.25, 0.3) is 0 Å². The van der Waals surface area contributed by atoms with Crippen molar-refractivity contribution in [2.75, 3.05) is 5.32 Å². The van der Waals surface area contributed by atoms with Crippen molar-refractivity contribution in [1.29, 1.82) is 0 Å². The third kappa shape index (κ3) is 5.23. The standard InChI is InChI=1S/C15H18FN3OS/c1-2-3-4-5-13(20)17-15-19-18-14(21-15)10-11-6-8-12(16)9-7-11/h6-9H,2-5,10H2,1H3,(H,17,19,20). The summed E-state index contributed by atoms with van der Waals surface area (Å²) < 4.78 is 12.8. The number of halogens is 1. The highest BCUT2D eigenvalue weighted by Crippen LogP contribution is 2.19. The first kappa shape index (κ1) is 15.6. The Labute approximate surface area is 127 Å². The molecule has 1 aromatic carbocycles. The van der Waals surface area contributed by atoms with Crippen LogP contribution in [0.5, 0.6) is 0 Å². The molecule has 1 N–H and O–H groups in total. The molecular formula is C15H18FN3OS. The van der Waals surface area contributed by atoms with Gasteiger partial charge in [-0.05, 0) is 24.1 Å². The number of carbonyl (C=O) groups excluding carboxylic acids is 1. The van der Waals surface area contributed by atoms with Crippen LogP contribution in [0.3, 0.4) is 0 Å². The van der Waals surface area contributed by atoms with Crippen LogP contribution in [0.15, 0.2) is 24.3 Å². The highest BCUT2D eigenvalue weighted by atomic mass is 32.1. The predicted molar refractivity (Wildman–Crippen MR) is 81.9 cm³/mol. The first-order chi connectivity index (χ1) is 10.2. The molecule has 0 radical (unpaired) electrons. The minimum atomic E-state index is -0.254. The van der Waals surface area contributed by atoms with Crippen molar-refractivity contribution in [2.45, 2.75) is 39.0 Å². The van der Waals surface area contributed by atoms with Gasteiger partial charge in [0.05, 0.1) is 0 Å². The van der Waals surface area contributed by atoms with Crippen LogP contribution in [0.4, 0.5) is 9.52 Å². The number of unbranched alkanes of at least 4 members (excludes halogenated alkanes) is 2. The first-order valence-corrected chi connectivity index (χ1v) is 7.85. The zero-order valence-corrected chi connectivity index (χ0v) is 12.8. The van der Waals surface area contributed by atoms with Gasteiger partial charge in [0.25, 0.3) is 0 Å². The molecule has 0 aliphatic heterocycles. The zero-order chi connectivity index (χ0) is 15.1. The Balaban J connectivity index is 1.86. The second kappa shape index (κ2) is 7.83. The molecule has 0 fully saturated rings. The lowest BCUT2D eigenvalue weighted by Crippen LogP contribution is -2.10. The van der Waals surface area contributed by atoms with Gasteiger partial charge >= 0.3 is 0 Å². The quantitative estimate of drug-likeness (QED) is 0.792. The van der Waals surface area contributed by atoms with E-state index in [0.29, 0.717) is 18.0 Å². The van der Waals surface area contributed by atoms with Crippen LogP contribution in [0.2, 0.25) is 0 Å². The van der Waals surface area contributed by atoms with Gasteiger partial charge in [-0.25, -0.2) is 4.39 Å². The van der Waals surface area contributed by atoms with E-state index in [1.165, 1.54) is 23.5 Å². The Bertz CT molecular complexity index is 583. The number of hydrogen-bond donors (Lipinski definition) is 1. The van der Waals surface area contributed by atoms with Crippen LogP contribution in [-0.2, 0) is 11.2 Å². The summed E-state index contributed by atoms with van der Waals surface area (Å²) in [4.78, 5) is 11.7. The summed E-state index contributed by atoms with van der Waals surface area (Å²) in [6.45, 7) is 2.10. The van der Waals surface area contributed by atoms with Crippen LogP contribution in [0, 0.1) is 5.82 Å². The van der Waals surface area contributed by atoms with E-state index in [4.69, 9.17) is 0 Å². The highest BCUT2D eigenvalue weighted by molar-refractivity contribution is 7.15. The lowest BCUT2D eigenvalue weighted by atomic mass is 10.2.